The van der Waals surface area contributed by atoms with Gasteiger partial charge in [0.1, 0.15) is 11.4 Å². The van der Waals surface area contributed by atoms with Crippen LogP contribution in [0, 0.1) is 0 Å². The van der Waals surface area contributed by atoms with Crippen molar-refractivity contribution >= 4 is 28.6 Å². The van der Waals surface area contributed by atoms with Crippen molar-refractivity contribution in [3.63, 3.8) is 0 Å². The first-order chi connectivity index (χ1) is 13.7. The van der Waals surface area contributed by atoms with Crippen molar-refractivity contribution in [3.8, 4) is 11.5 Å². The zero-order valence-electron chi connectivity index (χ0n) is 16.8. The van der Waals surface area contributed by atoms with Gasteiger partial charge in [0.25, 0.3) is 11.3 Å². The maximum Gasteiger partial charge on any atom is 0.338 e. The number of hydrogen-bond acceptors (Lipinski definition) is 5. The minimum atomic E-state index is -2.34. The molecule has 0 aliphatic carbocycles. The zero-order chi connectivity index (χ0) is 21.0. The van der Waals surface area contributed by atoms with Crippen molar-refractivity contribution in [3.05, 3.63) is 48.0 Å². The minimum absolute atomic E-state index is 0.250. The number of ether oxygens (including phenoxy) is 2. The Labute approximate surface area is 173 Å². The summed E-state index contributed by atoms with van der Waals surface area (Å²) in [4.78, 5) is 14.8. The van der Waals surface area contributed by atoms with E-state index in [4.69, 9.17) is 9.47 Å². The molecule has 8 heteroatoms. The number of anilines is 2. The summed E-state index contributed by atoms with van der Waals surface area (Å²) in [6.45, 7) is 7.00. The predicted octanol–water partition coefficient (Wildman–Crippen LogP) is 4.58. The largest absolute Gasteiger partial charge is 0.456 e. The van der Waals surface area contributed by atoms with Crippen molar-refractivity contribution in [1.29, 1.82) is 0 Å². The molecule has 2 aromatic rings. The fourth-order valence-corrected chi connectivity index (χ4v) is 3.48. The summed E-state index contributed by atoms with van der Waals surface area (Å²) in [6.07, 6.45) is 2.05. The summed E-state index contributed by atoms with van der Waals surface area (Å²) < 4.78 is 35.0. The summed E-state index contributed by atoms with van der Waals surface area (Å²) in [6, 6.07) is 12.4. The predicted molar refractivity (Wildman–Crippen MR) is 114 cm³/mol. The number of carbonyl (C=O) groups excluding carboxylic acids is 1. The van der Waals surface area contributed by atoms with Crippen molar-refractivity contribution in [2.45, 2.75) is 39.2 Å². The second-order valence-corrected chi connectivity index (χ2v) is 8.54. The van der Waals surface area contributed by atoms with E-state index in [1.165, 1.54) is 6.07 Å². The molecule has 2 aromatic carbocycles. The van der Waals surface area contributed by atoms with Crippen molar-refractivity contribution in [2.75, 3.05) is 22.7 Å². The fraction of sp³-hybridized carbons (Fsp3) is 0.381. The molecule has 0 saturated carbocycles. The molecule has 0 aromatic heterocycles. The summed E-state index contributed by atoms with van der Waals surface area (Å²) >= 11 is -2.34. The molecule has 0 bridgehead atoms. The Morgan fingerprint density at radius 2 is 1.79 bits per heavy atom. The van der Waals surface area contributed by atoms with Gasteiger partial charge in [0.15, 0.2) is 5.75 Å². The van der Waals surface area contributed by atoms with Crippen LogP contribution in [0.5, 0.6) is 11.5 Å². The molecule has 1 aliphatic rings. The molecule has 2 N–H and O–H groups in total. The Balaban J connectivity index is 2.10. The van der Waals surface area contributed by atoms with E-state index in [-0.39, 0.29) is 11.3 Å². The van der Waals surface area contributed by atoms with Gasteiger partial charge in [0, 0.05) is 13.1 Å². The van der Waals surface area contributed by atoms with Gasteiger partial charge in [-0.25, -0.2) is 9.00 Å². The minimum Gasteiger partial charge on any atom is -0.456 e. The van der Waals surface area contributed by atoms with Gasteiger partial charge in [-0.2, -0.15) is 0 Å². The average Bonchev–Trinajstić information content (AvgIpc) is 3.16. The van der Waals surface area contributed by atoms with E-state index >= 15 is 0 Å². The highest BCUT2D eigenvalue weighted by atomic mass is 32.2. The first-order valence-corrected chi connectivity index (χ1v) is 10.6. The lowest BCUT2D eigenvalue weighted by Crippen LogP contribution is -2.25. The standard InChI is InChI=1S/C21H26N2O5S/c1-21(2,3)28-20(24)15-13-17(22-29(25)26)19(27-16-9-5-4-6-10-16)18(14-15)23-11-7-8-12-23/h4-6,9-10,13-14,22H,7-8,11-12H2,1-3H3,(H,25,26). The van der Waals surface area contributed by atoms with Gasteiger partial charge in [-0.15, -0.1) is 0 Å². The van der Waals surface area contributed by atoms with Crippen LogP contribution in [0.3, 0.4) is 0 Å². The van der Waals surface area contributed by atoms with Crippen molar-refractivity contribution in [2.24, 2.45) is 0 Å². The SMILES string of the molecule is CC(C)(C)OC(=O)c1cc(NS(=O)O)c(Oc2ccccc2)c(N2CCCC2)c1. The maximum absolute atomic E-state index is 12.7. The Bertz CT molecular complexity index is 890. The summed E-state index contributed by atoms with van der Waals surface area (Å²) in [5.74, 6) is 0.480. The molecule has 1 saturated heterocycles. The summed E-state index contributed by atoms with van der Waals surface area (Å²) in [5, 5.41) is 0. The van der Waals surface area contributed by atoms with Crippen LogP contribution in [0.15, 0.2) is 42.5 Å². The summed E-state index contributed by atoms with van der Waals surface area (Å²) in [5.41, 5.74) is 0.565. The van der Waals surface area contributed by atoms with Crippen molar-refractivity contribution < 1.29 is 23.0 Å². The highest BCUT2D eigenvalue weighted by molar-refractivity contribution is 7.80. The lowest BCUT2D eigenvalue weighted by molar-refractivity contribution is 0.00696. The van der Waals surface area contributed by atoms with Crippen LogP contribution in [-0.2, 0) is 16.0 Å². The Morgan fingerprint density at radius 3 is 2.38 bits per heavy atom. The molecule has 29 heavy (non-hydrogen) atoms. The molecule has 1 heterocycles. The van der Waals surface area contributed by atoms with Gasteiger partial charge in [0.05, 0.1) is 16.9 Å². The van der Waals surface area contributed by atoms with Crippen LogP contribution < -0.4 is 14.4 Å². The number of hydrogen-bond donors (Lipinski definition) is 2. The maximum atomic E-state index is 12.7. The molecule has 0 amide bonds. The Morgan fingerprint density at radius 1 is 1.14 bits per heavy atom. The molecule has 156 valence electrons. The third kappa shape index (κ3) is 5.71. The second kappa shape index (κ2) is 8.84. The van der Waals surface area contributed by atoms with Gasteiger partial charge in [0.2, 0.25) is 0 Å². The fourth-order valence-electron chi connectivity index (χ4n) is 3.14. The molecular formula is C21H26N2O5S. The lowest BCUT2D eigenvalue weighted by atomic mass is 10.1. The lowest BCUT2D eigenvalue weighted by Gasteiger charge is -2.25. The smallest absolute Gasteiger partial charge is 0.338 e. The number of nitrogens with one attached hydrogen (secondary N) is 1. The molecular weight excluding hydrogens is 392 g/mol. The number of para-hydroxylation sites is 1. The third-order valence-electron chi connectivity index (χ3n) is 4.31. The third-order valence-corrected chi connectivity index (χ3v) is 4.71. The van der Waals surface area contributed by atoms with Crippen molar-refractivity contribution in [1.82, 2.24) is 0 Å². The highest BCUT2D eigenvalue weighted by Gasteiger charge is 2.26. The van der Waals surface area contributed by atoms with Crippen LogP contribution in [0.4, 0.5) is 11.4 Å². The van der Waals surface area contributed by atoms with Gasteiger partial charge in [-0.05, 0) is 57.9 Å². The van der Waals surface area contributed by atoms with Gasteiger partial charge in [-0.1, -0.05) is 18.2 Å². The van der Waals surface area contributed by atoms with Crippen LogP contribution in [-0.4, -0.2) is 33.4 Å². The Hall–Kier alpha value is -2.58. The van der Waals surface area contributed by atoms with E-state index in [1.54, 1.807) is 39.0 Å². The normalized spacial score (nSPS) is 15.1. The number of esters is 1. The number of rotatable bonds is 6. The van der Waals surface area contributed by atoms with E-state index in [2.05, 4.69) is 9.62 Å². The number of benzene rings is 2. The molecule has 3 rings (SSSR count). The first-order valence-electron chi connectivity index (χ1n) is 9.50. The molecule has 1 atom stereocenters. The monoisotopic (exact) mass is 418 g/mol. The van der Waals surface area contributed by atoms with Crippen LogP contribution in [0.1, 0.15) is 44.0 Å². The number of carbonyl (C=O) groups is 1. The summed E-state index contributed by atoms with van der Waals surface area (Å²) in [7, 11) is 0. The molecule has 0 radical (unpaired) electrons. The van der Waals surface area contributed by atoms with E-state index < -0.39 is 22.8 Å². The van der Waals surface area contributed by atoms with Crippen LogP contribution >= 0.6 is 0 Å². The van der Waals surface area contributed by atoms with E-state index in [9.17, 15) is 13.6 Å². The zero-order valence-corrected chi connectivity index (χ0v) is 17.6. The van der Waals surface area contributed by atoms with Crippen LogP contribution in [0.2, 0.25) is 0 Å². The quantitative estimate of drug-likeness (QED) is 0.527. The molecule has 1 fully saturated rings. The van der Waals surface area contributed by atoms with Gasteiger partial charge in [-0.3, -0.25) is 9.27 Å². The van der Waals surface area contributed by atoms with Gasteiger partial charge < -0.3 is 14.4 Å². The number of nitrogens with zero attached hydrogens (tertiary/aromatic N) is 1. The molecule has 1 aliphatic heterocycles. The molecule has 7 nitrogen and oxygen atoms in total. The second-order valence-electron chi connectivity index (χ2n) is 7.83. The molecule has 0 spiro atoms. The molecule has 1 unspecified atom stereocenters. The first kappa shape index (κ1) is 21.1. The van der Waals surface area contributed by atoms with Gasteiger partial charge >= 0.3 is 5.97 Å². The highest BCUT2D eigenvalue weighted by Crippen LogP contribution is 2.42. The van der Waals surface area contributed by atoms with E-state index in [0.29, 0.717) is 17.2 Å². The van der Waals surface area contributed by atoms with E-state index in [1.807, 2.05) is 18.2 Å². The average molecular weight is 419 g/mol. The Kier molecular flexibility index (Phi) is 6.44. The topological polar surface area (TPSA) is 88.1 Å². The van der Waals surface area contributed by atoms with Crippen LogP contribution in [0.25, 0.3) is 0 Å². The van der Waals surface area contributed by atoms with E-state index in [0.717, 1.165) is 25.9 Å².